The summed E-state index contributed by atoms with van der Waals surface area (Å²) in [5.41, 5.74) is 4.13. The number of amides is 2. The number of hydrogen-bond acceptors (Lipinski definition) is 2. The number of carbonyl (C=O) groups is 2. The fraction of sp³-hybridized carbons (Fsp3) is 0.556. The van der Waals surface area contributed by atoms with Gasteiger partial charge in [0.05, 0.1) is 11.3 Å². The second-order valence-electron chi connectivity index (χ2n) is 3.76. The molecule has 2 amide bonds. The molecule has 0 spiro atoms. The molecule has 4 nitrogen and oxygen atoms in total. The first-order chi connectivity index (χ1) is 6.14. The molecule has 1 saturated heterocycles. The van der Waals surface area contributed by atoms with E-state index < -0.39 is 5.41 Å². The molecule has 1 aliphatic heterocycles. The van der Waals surface area contributed by atoms with Crippen molar-refractivity contribution in [3.63, 3.8) is 0 Å². The highest BCUT2D eigenvalue weighted by atomic mass is 16.2. The molecule has 0 radical (unpaired) electrons. The SMILES string of the molecule is CC12C=CCCC1C(=O)NNC2=O. The molecule has 0 aromatic carbocycles. The van der Waals surface area contributed by atoms with Crippen LogP contribution < -0.4 is 10.9 Å². The van der Waals surface area contributed by atoms with Crippen molar-refractivity contribution < 1.29 is 9.59 Å². The molecule has 2 unspecified atom stereocenters. The maximum absolute atomic E-state index is 11.5. The van der Waals surface area contributed by atoms with E-state index in [1.807, 2.05) is 12.2 Å². The standard InChI is InChI=1S/C9H12N2O2/c1-9-5-3-2-4-6(9)7(12)10-11-8(9)13/h3,5-6H,2,4H2,1H3,(H,10,12)(H,11,13). The molecule has 2 atom stereocenters. The highest BCUT2D eigenvalue weighted by Gasteiger charge is 2.47. The summed E-state index contributed by atoms with van der Waals surface area (Å²) in [5, 5.41) is 0. The number of fused-ring (bicyclic) bond motifs is 1. The van der Waals surface area contributed by atoms with Crippen LogP contribution in [0, 0.1) is 11.3 Å². The van der Waals surface area contributed by atoms with Crippen molar-refractivity contribution in [3.05, 3.63) is 12.2 Å². The first-order valence-corrected chi connectivity index (χ1v) is 4.42. The van der Waals surface area contributed by atoms with Crippen molar-refractivity contribution in [2.75, 3.05) is 0 Å². The van der Waals surface area contributed by atoms with Gasteiger partial charge in [-0.05, 0) is 19.8 Å². The smallest absolute Gasteiger partial charge is 0.248 e. The van der Waals surface area contributed by atoms with E-state index in [-0.39, 0.29) is 17.7 Å². The van der Waals surface area contributed by atoms with Crippen molar-refractivity contribution in [1.82, 2.24) is 10.9 Å². The van der Waals surface area contributed by atoms with Crippen LogP contribution in [0.1, 0.15) is 19.8 Å². The zero-order valence-corrected chi connectivity index (χ0v) is 7.46. The van der Waals surface area contributed by atoms with E-state index in [2.05, 4.69) is 10.9 Å². The first kappa shape index (κ1) is 8.29. The average molecular weight is 180 g/mol. The zero-order valence-electron chi connectivity index (χ0n) is 7.46. The minimum absolute atomic E-state index is 0.0774. The largest absolute Gasteiger partial charge is 0.273 e. The third-order valence-corrected chi connectivity index (χ3v) is 2.91. The first-order valence-electron chi connectivity index (χ1n) is 4.42. The molecule has 0 bridgehead atoms. The topological polar surface area (TPSA) is 58.2 Å². The van der Waals surface area contributed by atoms with Crippen LogP contribution in [0.15, 0.2) is 12.2 Å². The van der Waals surface area contributed by atoms with Gasteiger partial charge in [-0.3, -0.25) is 20.4 Å². The molecule has 2 N–H and O–H groups in total. The van der Waals surface area contributed by atoms with Crippen LogP contribution in [0.25, 0.3) is 0 Å². The molecule has 13 heavy (non-hydrogen) atoms. The number of nitrogens with one attached hydrogen (secondary N) is 2. The van der Waals surface area contributed by atoms with Crippen LogP contribution in [0.5, 0.6) is 0 Å². The second-order valence-corrected chi connectivity index (χ2v) is 3.76. The van der Waals surface area contributed by atoms with Crippen LogP contribution >= 0.6 is 0 Å². The fourth-order valence-electron chi connectivity index (χ4n) is 1.98. The summed E-state index contributed by atoms with van der Waals surface area (Å²) in [6.07, 6.45) is 5.44. The molecule has 1 aliphatic carbocycles. The number of carbonyl (C=O) groups excluding carboxylic acids is 2. The normalized spacial score (nSPS) is 37.8. The highest BCUT2D eigenvalue weighted by Crippen LogP contribution is 2.38. The van der Waals surface area contributed by atoms with Crippen LogP contribution in [0.2, 0.25) is 0 Å². The molecule has 0 aromatic rings. The lowest BCUT2D eigenvalue weighted by Crippen LogP contribution is -2.61. The lowest BCUT2D eigenvalue weighted by Gasteiger charge is -2.39. The number of rotatable bonds is 0. The van der Waals surface area contributed by atoms with E-state index in [1.54, 1.807) is 6.92 Å². The molecule has 1 fully saturated rings. The van der Waals surface area contributed by atoms with Gasteiger partial charge < -0.3 is 0 Å². The van der Waals surface area contributed by atoms with E-state index in [4.69, 9.17) is 0 Å². The minimum Gasteiger partial charge on any atom is -0.273 e. The maximum Gasteiger partial charge on any atom is 0.248 e. The van der Waals surface area contributed by atoms with E-state index in [1.165, 1.54) is 0 Å². The quantitative estimate of drug-likeness (QED) is 0.520. The van der Waals surface area contributed by atoms with E-state index in [9.17, 15) is 9.59 Å². The van der Waals surface area contributed by atoms with Crippen LogP contribution in [-0.4, -0.2) is 11.8 Å². The van der Waals surface area contributed by atoms with Gasteiger partial charge in [0.1, 0.15) is 0 Å². The molecule has 4 heteroatoms. The number of allylic oxidation sites excluding steroid dienone is 1. The summed E-state index contributed by atoms with van der Waals surface area (Å²) < 4.78 is 0. The van der Waals surface area contributed by atoms with Gasteiger partial charge in [-0.1, -0.05) is 12.2 Å². The van der Waals surface area contributed by atoms with Gasteiger partial charge in [-0.15, -0.1) is 0 Å². The van der Waals surface area contributed by atoms with E-state index in [0.29, 0.717) is 0 Å². The summed E-state index contributed by atoms with van der Waals surface area (Å²) in [6, 6.07) is 0. The van der Waals surface area contributed by atoms with Crippen LogP contribution in [-0.2, 0) is 9.59 Å². The molecule has 0 saturated carbocycles. The summed E-state index contributed by atoms with van der Waals surface area (Å²) in [4.78, 5) is 22.9. The van der Waals surface area contributed by atoms with Gasteiger partial charge in [0, 0.05) is 0 Å². The third kappa shape index (κ3) is 1.05. The van der Waals surface area contributed by atoms with Crippen LogP contribution in [0.4, 0.5) is 0 Å². The predicted molar refractivity (Wildman–Crippen MR) is 46.3 cm³/mol. The number of hydrazine groups is 1. The Morgan fingerprint density at radius 1 is 1.46 bits per heavy atom. The molecule has 0 aromatic heterocycles. The third-order valence-electron chi connectivity index (χ3n) is 2.91. The molecule has 1 heterocycles. The predicted octanol–water partition coefficient (Wildman–Crippen LogP) is 0.120. The molecule has 70 valence electrons. The minimum atomic E-state index is -0.638. The molecule has 2 aliphatic rings. The Hall–Kier alpha value is -1.32. The number of hydrogen-bond donors (Lipinski definition) is 2. The average Bonchev–Trinajstić information content (AvgIpc) is 2.12. The summed E-state index contributed by atoms with van der Waals surface area (Å²) in [7, 11) is 0. The fourth-order valence-corrected chi connectivity index (χ4v) is 1.98. The van der Waals surface area contributed by atoms with E-state index in [0.717, 1.165) is 12.8 Å². The van der Waals surface area contributed by atoms with Gasteiger partial charge in [0.2, 0.25) is 11.8 Å². The Balaban J connectivity index is 2.39. The summed E-state index contributed by atoms with van der Waals surface area (Å²) in [5.74, 6) is -0.397. The maximum atomic E-state index is 11.5. The Labute approximate surface area is 76.4 Å². The second kappa shape index (κ2) is 2.58. The van der Waals surface area contributed by atoms with Gasteiger partial charge in [-0.2, -0.15) is 0 Å². The van der Waals surface area contributed by atoms with Crippen molar-refractivity contribution in [2.24, 2.45) is 11.3 Å². The monoisotopic (exact) mass is 180 g/mol. The van der Waals surface area contributed by atoms with Crippen molar-refractivity contribution in [2.45, 2.75) is 19.8 Å². The van der Waals surface area contributed by atoms with Gasteiger partial charge in [0.25, 0.3) is 0 Å². The van der Waals surface area contributed by atoms with Gasteiger partial charge in [-0.25, -0.2) is 0 Å². The Bertz CT molecular complexity index is 298. The summed E-state index contributed by atoms with van der Waals surface area (Å²) >= 11 is 0. The lowest BCUT2D eigenvalue weighted by atomic mass is 9.69. The van der Waals surface area contributed by atoms with Crippen molar-refractivity contribution >= 4 is 11.8 Å². The molecule has 2 rings (SSSR count). The van der Waals surface area contributed by atoms with Gasteiger partial charge in [0.15, 0.2) is 0 Å². The van der Waals surface area contributed by atoms with Crippen LogP contribution in [0.3, 0.4) is 0 Å². The molecular formula is C9H12N2O2. The Morgan fingerprint density at radius 3 is 2.92 bits per heavy atom. The van der Waals surface area contributed by atoms with Gasteiger partial charge >= 0.3 is 0 Å². The highest BCUT2D eigenvalue weighted by molar-refractivity contribution is 5.96. The Morgan fingerprint density at radius 2 is 2.23 bits per heavy atom. The van der Waals surface area contributed by atoms with Crippen molar-refractivity contribution in [1.29, 1.82) is 0 Å². The molecular weight excluding hydrogens is 168 g/mol. The zero-order chi connectivity index (χ0) is 9.47. The van der Waals surface area contributed by atoms with E-state index >= 15 is 0 Å². The lowest BCUT2D eigenvalue weighted by molar-refractivity contribution is -0.147. The Kier molecular flexibility index (Phi) is 1.65. The summed E-state index contributed by atoms with van der Waals surface area (Å²) in [6.45, 7) is 1.81. The van der Waals surface area contributed by atoms with Crippen molar-refractivity contribution in [3.8, 4) is 0 Å².